The van der Waals surface area contributed by atoms with Gasteiger partial charge in [-0.05, 0) is 48.2 Å². The normalized spacial score (nSPS) is 15.6. The van der Waals surface area contributed by atoms with Crippen molar-refractivity contribution in [3.8, 4) is 16.9 Å². The van der Waals surface area contributed by atoms with Crippen LogP contribution in [0.1, 0.15) is 39.2 Å². The maximum absolute atomic E-state index is 13.2. The summed E-state index contributed by atoms with van der Waals surface area (Å²) in [5.41, 5.74) is 4.03. The van der Waals surface area contributed by atoms with Crippen LogP contribution in [0.3, 0.4) is 0 Å². The Hall–Kier alpha value is -2.42. The van der Waals surface area contributed by atoms with Crippen LogP contribution in [-0.2, 0) is 4.79 Å². The second kappa shape index (κ2) is 6.83. The molecule has 0 bridgehead atoms. The molecule has 0 fully saturated rings. The molecule has 0 amide bonds. The van der Waals surface area contributed by atoms with Gasteiger partial charge < -0.3 is 9.53 Å². The van der Waals surface area contributed by atoms with Gasteiger partial charge in [0.25, 0.3) is 0 Å². The summed E-state index contributed by atoms with van der Waals surface area (Å²) in [6.07, 6.45) is 3.46. The van der Waals surface area contributed by atoms with Gasteiger partial charge in [0, 0.05) is 17.4 Å². The van der Waals surface area contributed by atoms with E-state index in [2.05, 4.69) is 19.9 Å². The number of hydrogen-bond donors (Lipinski definition) is 0. The Labute approximate surface area is 148 Å². The van der Waals surface area contributed by atoms with Crippen molar-refractivity contribution < 1.29 is 13.9 Å². The Bertz CT molecular complexity index is 816. The molecule has 0 unspecified atom stereocenters. The molecule has 0 atom stereocenters. The number of rotatable bonds is 4. The highest BCUT2D eigenvalue weighted by Crippen LogP contribution is 2.39. The zero-order valence-corrected chi connectivity index (χ0v) is 14.9. The van der Waals surface area contributed by atoms with E-state index in [9.17, 15) is 9.18 Å². The Morgan fingerprint density at radius 2 is 1.80 bits per heavy atom. The minimum Gasteiger partial charge on any atom is -0.492 e. The molecule has 25 heavy (non-hydrogen) atoms. The SMILES string of the molecule is CC(=O)CCC1=CC(C)(C)COc2cc(-c3ccc(F)cc3)ccc21. The van der Waals surface area contributed by atoms with Crippen LogP contribution in [-0.4, -0.2) is 12.4 Å². The van der Waals surface area contributed by atoms with E-state index in [1.807, 2.05) is 18.2 Å². The first-order valence-electron chi connectivity index (χ1n) is 8.58. The predicted molar refractivity (Wildman–Crippen MR) is 99.0 cm³/mol. The first kappa shape index (κ1) is 17.4. The van der Waals surface area contributed by atoms with Crippen LogP contribution >= 0.6 is 0 Å². The smallest absolute Gasteiger partial charge is 0.130 e. The van der Waals surface area contributed by atoms with Crippen molar-refractivity contribution in [1.29, 1.82) is 0 Å². The molecule has 2 nitrogen and oxygen atoms in total. The lowest BCUT2D eigenvalue weighted by molar-refractivity contribution is -0.116. The lowest BCUT2D eigenvalue weighted by Gasteiger charge is -2.18. The monoisotopic (exact) mass is 338 g/mol. The number of ether oxygens (including phenoxy) is 1. The van der Waals surface area contributed by atoms with Gasteiger partial charge in [-0.25, -0.2) is 4.39 Å². The van der Waals surface area contributed by atoms with Gasteiger partial charge in [-0.15, -0.1) is 0 Å². The molecule has 0 aromatic heterocycles. The topological polar surface area (TPSA) is 26.3 Å². The van der Waals surface area contributed by atoms with Crippen LogP contribution < -0.4 is 4.74 Å². The maximum atomic E-state index is 13.2. The average Bonchev–Trinajstić information content (AvgIpc) is 2.69. The van der Waals surface area contributed by atoms with Crippen molar-refractivity contribution in [2.24, 2.45) is 5.41 Å². The molecule has 2 aromatic carbocycles. The fraction of sp³-hybridized carbons (Fsp3) is 0.318. The quantitative estimate of drug-likeness (QED) is 0.718. The predicted octanol–water partition coefficient (Wildman–Crippen LogP) is 5.66. The summed E-state index contributed by atoms with van der Waals surface area (Å²) in [7, 11) is 0. The summed E-state index contributed by atoms with van der Waals surface area (Å²) < 4.78 is 19.2. The standard InChI is InChI=1S/C22H23FO2/c1-15(24)4-5-18-13-22(2,3)14-25-21-12-17(8-11-20(18)21)16-6-9-19(23)10-7-16/h6-13H,4-5,14H2,1-3H3. The summed E-state index contributed by atoms with van der Waals surface area (Å²) >= 11 is 0. The number of halogens is 1. The van der Waals surface area contributed by atoms with Crippen molar-refractivity contribution in [3.05, 3.63) is 59.9 Å². The fourth-order valence-corrected chi connectivity index (χ4v) is 3.10. The molecule has 1 aliphatic heterocycles. The molecule has 1 aliphatic rings. The Morgan fingerprint density at radius 1 is 1.12 bits per heavy atom. The lowest BCUT2D eigenvalue weighted by Crippen LogP contribution is -2.17. The van der Waals surface area contributed by atoms with Crippen LogP contribution in [0.2, 0.25) is 0 Å². The summed E-state index contributed by atoms with van der Waals surface area (Å²) in [5, 5.41) is 0. The number of Topliss-reactive ketones (excluding diaryl/α,β-unsaturated/α-hetero) is 1. The second-order valence-corrected chi connectivity index (χ2v) is 7.37. The number of fused-ring (bicyclic) bond motifs is 1. The third kappa shape index (κ3) is 4.16. The minimum atomic E-state index is -0.244. The van der Waals surface area contributed by atoms with Gasteiger partial charge in [0.05, 0.1) is 6.61 Å². The number of allylic oxidation sites excluding steroid dienone is 1. The van der Waals surface area contributed by atoms with Crippen LogP contribution in [0.4, 0.5) is 4.39 Å². The van der Waals surface area contributed by atoms with Crippen molar-refractivity contribution in [1.82, 2.24) is 0 Å². The van der Waals surface area contributed by atoms with E-state index in [1.54, 1.807) is 19.1 Å². The van der Waals surface area contributed by atoms with E-state index in [-0.39, 0.29) is 17.0 Å². The van der Waals surface area contributed by atoms with Gasteiger partial charge in [0.15, 0.2) is 0 Å². The van der Waals surface area contributed by atoms with E-state index in [0.29, 0.717) is 19.4 Å². The molecule has 3 rings (SSSR count). The molecular formula is C22H23FO2. The van der Waals surface area contributed by atoms with Gasteiger partial charge in [0.2, 0.25) is 0 Å². The number of carbonyl (C=O) groups excluding carboxylic acids is 1. The van der Waals surface area contributed by atoms with E-state index in [4.69, 9.17) is 4.74 Å². The lowest BCUT2D eigenvalue weighted by atomic mass is 9.88. The van der Waals surface area contributed by atoms with Gasteiger partial charge in [0.1, 0.15) is 17.3 Å². The van der Waals surface area contributed by atoms with Gasteiger partial charge in [-0.2, -0.15) is 0 Å². The van der Waals surface area contributed by atoms with Crippen molar-refractivity contribution in [2.45, 2.75) is 33.6 Å². The highest BCUT2D eigenvalue weighted by atomic mass is 19.1. The summed E-state index contributed by atoms with van der Waals surface area (Å²) in [6.45, 7) is 6.47. The molecule has 0 aliphatic carbocycles. The van der Waals surface area contributed by atoms with Crippen LogP contribution in [0.25, 0.3) is 16.7 Å². The molecule has 3 heteroatoms. The molecule has 0 spiro atoms. The van der Waals surface area contributed by atoms with Crippen molar-refractivity contribution in [2.75, 3.05) is 6.61 Å². The Kier molecular flexibility index (Phi) is 4.76. The van der Waals surface area contributed by atoms with E-state index >= 15 is 0 Å². The van der Waals surface area contributed by atoms with Crippen LogP contribution in [0.5, 0.6) is 5.75 Å². The molecule has 0 saturated carbocycles. The zero-order valence-electron chi connectivity index (χ0n) is 14.9. The van der Waals surface area contributed by atoms with Gasteiger partial charge in [-0.1, -0.05) is 44.2 Å². The highest BCUT2D eigenvalue weighted by molar-refractivity contribution is 5.81. The molecule has 2 aromatic rings. The Morgan fingerprint density at radius 3 is 2.48 bits per heavy atom. The molecular weight excluding hydrogens is 315 g/mol. The fourth-order valence-electron chi connectivity index (χ4n) is 3.10. The summed E-state index contributed by atoms with van der Waals surface area (Å²) in [5.74, 6) is 0.765. The summed E-state index contributed by atoms with van der Waals surface area (Å²) in [6, 6.07) is 12.5. The Balaban J connectivity index is 1.99. The first-order valence-corrected chi connectivity index (χ1v) is 8.58. The van der Waals surface area contributed by atoms with E-state index in [1.165, 1.54) is 12.1 Å². The summed E-state index contributed by atoms with van der Waals surface area (Å²) in [4.78, 5) is 11.4. The van der Waals surface area contributed by atoms with Gasteiger partial charge in [-0.3, -0.25) is 0 Å². The average molecular weight is 338 g/mol. The molecule has 0 saturated heterocycles. The first-order chi connectivity index (χ1) is 11.8. The number of hydrogen-bond acceptors (Lipinski definition) is 2. The van der Waals surface area contributed by atoms with Crippen LogP contribution in [0, 0.1) is 11.2 Å². The van der Waals surface area contributed by atoms with Crippen molar-refractivity contribution in [3.63, 3.8) is 0 Å². The number of carbonyl (C=O) groups is 1. The maximum Gasteiger partial charge on any atom is 0.130 e. The number of benzene rings is 2. The molecule has 1 heterocycles. The zero-order chi connectivity index (χ0) is 18.0. The number of ketones is 1. The minimum absolute atomic E-state index is 0.0961. The van der Waals surface area contributed by atoms with E-state index < -0.39 is 0 Å². The third-order valence-electron chi connectivity index (χ3n) is 4.42. The molecule has 0 radical (unpaired) electrons. The highest BCUT2D eigenvalue weighted by Gasteiger charge is 2.24. The van der Waals surface area contributed by atoms with E-state index in [0.717, 1.165) is 28.0 Å². The molecule has 130 valence electrons. The van der Waals surface area contributed by atoms with Crippen LogP contribution in [0.15, 0.2) is 48.5 Å². The van der Waals surface area contributed by atoms with Crippen molar-refractivity contribution >= 4 is 11.4 Å². The van der Waals surface area contributed by atoms with Gasteiger partial charge >= 0.3 is 0 Å². The molecule has 0 N–H and O–H groups in total. The largest absolute Gasteiger partial charge is 0.492 e. The third-order valence-corrected chi connectivity index (χ3v) is 4.42. The second-order valence-electron chi connectivity index (χ2n) is 7.37.